The van der Waals surface area contributed by atoms with Crippen LogP contribution in [0.4, 0.5) is 11.4 Å². The molecule has 5 nitrogen and oxygen atoms in total. The van der Waals surface area contributed by atoms with Crippen molar-refractivity contribution >= 4 is 21.4 Å². The van der Waals surface area contributed by atoms with Gasteiger partial charge >= 0.3 is 0 Å². The van der Waals surface area contributed by atoms with Gasteiger partial charge in [-0.3, -0.25) is 4.72 Å². The van der Waals surface area contributed by atoms with E-state index in [0.29, 0.717) is 12.2 Å². The van der Waals surface area contributed by atoms with Crippen LogP contribution in [0.15, 0.2) is 42.5 Å². The number of benzene rings is 2. The smallest absolute Gasteiger partial charge is 0.235 e. The lowest BCUT2D eigenvalue weighted by molar-refractivity contribution is 0.299. The summed E-state index contributed by atoms with van der Waals surface area (Å²) in [6, 6.07) is 13.5. The summed E-state index contributed by atoms with van der Waals surface area (Å²) in [5.41, 5.74) is 3.87. The number of nitrogens with one attached hydrogen (secondary N) is 2. The van der Waals surface area contributed by atoms with E-state index in [1.165, 1.54) is 12.8 Å². The Labute approximate surface area is 162 Å². The van der Waals surface area contributed by atoms with Crippen molar-refractivity contribution in [2.45, 2.75) is 45.4 Å². The predicted molar refractivity (Wildman–Crippen MR) is 111 cm³/mol. The highest BCUT2D eigenvalue weighted by molar-refractivity contribution is 7.93. The molecule has 0 saturated heterocycles. The van der Waals surface area contributed by atoms with Crippen LogP contribution in [0.2, 0.25) is 0 Å². The summed E-state index contributed by atoms with van der Waals surface area (Å²) in [7, 11) is -3.31. The molecule has 1 saturated carbocycles. The minimum absolute atomic E-state index is 0.460. The minimum atomic E-state index is -3.31. The molecule has 6 heteroatoms. The topological polar surface area (TPSA) is 67.4 Å². The van der Waals surface area contributed by atoms with Crippen LogP contribution in [-0.4, -0.2) is 20.3 Å². The first-order valence-electron chi connectivity index (χ1n) is 9.41. The first-order chi connectivity index (χ1) is 12.8. The zero-order valence-corrected chi connectivity index (χ0v) is 17.0. The Morgan fingerprint density at radius 3 is 2.41 bits per heavy atom. The van der Waals surface area contributed by atoms with Crippen molar-refractivity contribution in [1.82, 2.24) is 0 Å². The van der Waals surface area contributed by atoms with Gasteiger partial charge in [0.2, 0.25) is 10.0 Å². The predicted octanol–water partition coefficient (Wildman–Crippen LogP) is 4.55. The molecule has 1 aliphatic carbocycles. The fourth-order valence-corrected chi connectivity index (χ4v) is 3.29. The summed E-state index contributed by atoms with van der Waals surface area (Å²) >= 11 is 0. The Kier molecular flexibility index (Phi) is 5.95. The summed E-state index contributed by atoms with van der Waals surface area (Å²) in [5, 5.41) is 2.97. The lowest BCUT2D eigenvalue weighted by Gasteiger charge is -2.13. The van der Waals surface area contributed by atoms with E-state index < -0.39 is 15.3 Å². The van der Waals surface area contributed by atoms with Gasteiger partial charge in [0.05, 0.1) is 11.9 Å². The SMILES string of the molecule is Cc1cc(OCC2CC2)ccc1NCc1ccc(NS(=O)(=O)C(C)C)cc1. The highest BCUT2D eigenvalue weighted by Crippen LogP contribution is 2.30. The van der Waals surface area contributed by atoms with Crippen LogP contribution in [-0.2, 0) is 16.6 Å². The molecule has 27 heavy (non-hydrogen) atoms. The molecule has 3 rings (SSSR count). The average molecular weight is 389 g/mol. The lowest BCUT2D eigenvalue weighted by atomic mass is 10.1. The molecule has 2 aromatic carbocycles. The molecule has 0 atom stereocenters. The first-order valence-corrected chi connectivity index (χ1v) is 11.0. The third kappa shape index (κ3) is 5.63. The fourth-order valence-electron chi connectivity index (χ4n) is 2.59. The van der Waals surface area contributed by atoms with Crippen LogP contribution in [0, 0.1) is 12.8 Å². The second-order valence-corrected chi connectivity index (χ2v) is 9.71. The molecule has 1 fully saturated rings. The standard InChI is InChI=1S/C21H28N2O3S/c1-15(2)27(24,25)23-19-8-6-17(7-9-19)13-22-21-11-10-20(12-16(21)3)26-14-18-4-5-18/h6-12,15,18,22-23H,4-5,13-14H2,1-3H3. The molecule has 0 radical (unpaired) electrons. The van der Waals surface area contributed by atoms with E-state index in [1.54, 1.807) is 26.0 Å². The highest BCUT2D eigenvalue weighted by atomic mass is 32.2. The summed E-state index contributed by atoms with van der Waals surface area (Å²) in [6.45, 7) is 6.87. The van der Waals surface area contributed by atoms with Crippen molar-refractivity contribution in [3.63, 3.8) is 0 Å². The average Bonchev–Trinajstić information content (AvgIpc) is 3.44. The molecule has 0 unspecified atom stereocenters. The third-order valence-electron chi connectivity index (χ3n) is 4.70. The van der Waals surface area contributed by atoms with Crippen LogP contribution in [0.5, 0.6) is 5.75 Å². The number of hydrogen-bond donors (Lipinski definition) is 2. The zero-order chi connectivity index (χ0) is 19.4. The summed E-state index contributed by atoms with van der Waals surface area (Å²) in [5.74, 6) is 1.67. The Hall–Kier alpha value is -2.21. The molecule has 0 heterocycles. The molecule has 0 aromatic heterocycles. The van der Waals surface area contributed by atoms with Gasteiger partial charge in [0.25, 0.3) is 0 Å². The van der Waals surface area contributed by atoms with Crippen molar-refractivity contribution < 1.29 is 13.2 Å². The summed E-state index contributed by atoms with van der Waals surface area (Å²) in [4.78, 5) is 0. The maximum Gasteiger partial charge on any atom is 0.235 e. The third-order valence-corrected chi connectivity index (χ3v) is 6.46. The Balaban J connectivity index is 1.55. The number of ether oxygens (including phenoxy) is 1. The van der Waals surface area contributed by atoms with Crippen LogP contribution < -0.4 is 14.8 Å². The second kappa shape index (κ2) is 8.21. The quantitative estimate of drug-likeness (QED) is 0.661. The first kappa shape index (κ1) is 19.5. The van der Waals surface area contributed by atoms with Gasteiger partial charge in [-0.15, -0.1) is 0 Å². The van der Waals surface area contributed by atoms with Crippen molar-refractivity contribution in [1.29, 1.82) is 0 Å². The van der Waals surface area contributed by atoms with Crippen molar-refractivity contribution in [3.05, 3.63) is 53.6 Å². The second-order valence-electron chi connectivity index (χ2n) is 7.48. The van der Waals surface area contributed by atoms with E-state index in [2.05, 4.69) is 23.0 Å². The van der Waals surface area contributed by atoms with E-state index >= 15 is 0 Å². The molecule has 2 aromatic rings. The van der Waals surface area contributed by atoms with Crippen LogP contribution in [0.25, 0.3) is 0 Å². The maximum absolute atomic E-state index is 11.9. The molecule has 0 amide bonds. The van der Waals surface area contributed by atoms with E-state index in [0.717, 1.165) is 35.1 Å². The molecule has 0 spiro atoms. The van der Waals surface area contributed by atoms with Crippen molar-refractivity contribution in [3.8, 4) is 5.75 Å². The Morgan fingerprint density at radius 2 is 1.81 bits per heavy atom. The van der Waals surface area contributed by atoms with Crippen molar-refractivity contribution in [2.75, 3.05) is 16.6 Å². The molecule has 0 aliphatic heterocycles. The Bertz CT molecular complexity index is 873. The maximum atomic E-state index is 11.9. The zero-order valence-electron chi connectivity index (χ0n) is 16.2. The fraction of sp³-hybridized carbons (Fsp3) is 0.429. The molecular weight excluding hydrogens is 360 g/mol. The van der Waals surface area contributed by atoms with E-state index in [4.69, 9.17) is 4.74 Å². The van der Waals surface area contributed by atoms with Gasteiger partial charge in [0.1, 0.15) is 5.75 Å². The van der Waals surface area contributed by atoms with Gasteiger partial charge in [0.15, 0.2) is 0 Å². The molecule has 146 valence electrons. The lowest BCUT2D eigenvalue weighted by Crippen LogP contribution is -2.22. The van der Waals surface area contributed by atoms with E-state index in [1.807, 2.05) is 24.3 Å². The van der Waals surface area contributed by atoms with Gasteiger partial charge in [0, 0.05) is 17.9 Å². The van der Waals surface area contributed by atoms with Crippen LogP contribution in [0.3, 0.4) is 0 Å². The van der Waals surface area contributed by atoms with E-state index in [-0.39, 0.29) is 0 Å². The largest absolute Gasteiger partial charge is 0.493 e. The summed E-state index contributed by atoms with van der Waals surface area (Å²) in [6.07, 6.45) is 2.58. The highest BCUT2D eigenvalue weighted by Gasteiger charge is 2.21. The summed E-state index contributed by atoms with van der Waals surface area (Å²) < 4.78 is 32.2. The van der Waals surface area contributed by atoms with E-state index in [9.17, 15) is 8.42 Å². The Morgan fingerprint density at radius 1 is 1.11 bits per heavy atom. The molecule has 2 N–H and O–H groups in total. The number of aryl methyl sites for hydroxylation is 1. The van der Waals surface area contributed by atoms with Crippen molar-refractivity contribution in [2.24, 2.45) is 5.92 Å². The number of anilines is 2. The van der Waals surface area contributed by atoms with Gasteiger partial charge in [-0.05, 0) is 81.0 Å². The minimum Gasteiger partial charge on any atom is -0.493 e. The molecule has 1 aliphatic rings. The molecule has 0 bridgehead atoms. The van der Waals surface area contributed by atoms with Gasteiger partial charge in [-0.2, -0.15) is 0 Å². The van der Waals surface area contributed by atoms with Crippen LogP contribution in [0.1, 0.15) is 37.8 Å². The normalized spacial score (nSPS) is 14.2. The van der Waals surface area contributed by atoms with Gasteiger partial charge in [-0.25, -0.2) is 8.42 Å². The van der Waals surface area contributed by atoms with Crippen LogP contribution >= 0.6 is 0 Å². The number of rotatable bonds is 9. The monoisotopic (exact) mass is 388 g/mol. The van der Waals surface area contributed by atoms with Gasteiger partial charge in [-0.1, -0.05) is 12.1 Å². The number of sulfonamides is 1. The molecular formula is C21H28N2O3S. The van der Waals surface area contributed by atoms with Gasteiger partial charge < -0.3 is 10.1 Å². The number of hydrogen-bond acceptors (Lipinski definition) is 4.